The van der Waals surface area contributed by atoms with E-state index in [1.165, 1.54) is 6.07 Å². The van der Waals surface area contributed by atoms with Gasteiger partial charge in [-0.2, -0.15) is 0 Å². The number of nitrogens with zero attached hydrogens (tertiary/aromatic N) is 5. The maximum absolute atomic E-state index is 14.0. The van der Waals surface area contributed by atoms with Gasteiger partial charge in [0.1, 0.15) is 5.82 Å². The zero-order valence-electron chi connectivity index (χ0n) is 16.0. The Morgan fingerprint density at radius 3 is 2.46 bits per heavy atom. The van der Waals surface area contributed by atoms with Crippen LogP contribution < -0.4 is 4.90 Å². The fourth-order valence-electron chi connectivity index (χ4n) is 3.54. The van der Waals surface area contributed by atoms with E-state index >= 15 is 0 Å². The van der Waals surface area contributed by atoms with Crippen molar-refractivity contribution >= 4 is 11.6 Å². The topological polar surface area (TPSA) is 54.3 Å². The number of piperazine rings is 1. The Labute approximate surface area is 163 Å². The summed E-state index contributed by atoms with van der Waals surface area (Å²) < 4.78 is 15.7. The second-order valence-electron chi connectivity index (χ2n) is 7.00. The summed E-state index contributed by atoms with van der Waals surface area (Å²) in [6.07, 6.45) is 0. The van der Waals surface area contributed by atoms with Gasteiger partial charge >= 0.3 is 0 Å². The minimum absolute atomic E-state index is 0.135. The molecule has 1 aliphatic heterocycles. The van der Waals surface area contributed by atoms with Gasteiger partial charge < -0.3 is 9.80 Å². The van der Waals surface area contributed by atoms with Crippen LogP contribution >= 0.6 is 0 Å². The quantitative estimate of drug-likeness (QED) is 0.702. The van der Waals surface area contributed by atoms with Gasteiger partial charge in [0.2, 0.25) is 0 Å². The van der Waals surface area contributed by atoms with Crippen LogP contribution in [-0.2, 0) is 0 Å². The molecule has 0 spiro atoms. The van der Waals surface area contributed by atoms with Crippen LogP contribution in [0.5, 0.6) is 0 Å². The lowest BCUT2D eigenvalue weighted by Gasteiger charge is -2.35. The van der Waals surface area contributed by atoms with Crippen LogP contribution in [0.4, 0.5) is 10.1 Å². The molecule has 28 heavy (non-hydrogen) atoms. The lowest BCUT2D eigenvalue weighted by Crippen LogP contribution is -2.49. The summed E-state index contributed by atoms with van der Waals surface area (Å²) in [6, 6.07) is 14.6. The zero-order valence-corrected chi connectivity index (χ0v) is 16.0. The summed E-state index contributed by atoms with van der Waals surface area (Å²) in [4.78, 5) is 16.7. The molecule has 3 aromatic rings. The van der Waals surface area contributed by atoms with E-state index in [0.29, 0.717) is 43.3 Å². The lowest BCUT2D eigenvalue weighted by molar-refractivity contribution is 0.0740. The highest BCUT2D eigenvalue weighted by molar-refractivity contribution is 5.93. The lowest BCUT2D eigenvalue weighted by atomic mass is 10.2. The van der Waals surface area contributed by atoms with Crippen molar-refractivity contribution in [1.82, 2.24) is 19.9 Å². The Hall–Kier alpha value is -3.22. The molecule has 0 aliphatic carbocycles. The molecule has 1 aliphatic rings. The number of amides is 1. The van der Waals surface area contributed by atoms with Crippen molar-refractivity contribution in [3.63, 3.8) is 0 Å². The van der Waals surface area contributed by atoms with E-state index in [9.17, 15) is 9.18 Å². The molecule has 2 heterocycles. The number of hydrogen-bond donors (Lipinski definition) is 0. The van der Waals surface area contributed by atoms with E-state index in [1.807, 2.05) is 49.1 Å². The molecule has 4 rings (SSSR count). The van der Waals surface area contributed by atoms with Gasteiger partial charge in [-0.05, 0) is 43.7 Å². The molecule has 1 amide bonds. The van der Waals surface area contributed by atoms with Gasteiger partial charge in [0.25, 0.3) is 5.91 Å². The van der Waals surface area contributed by atoms with E-state index < -0.39 is 0 Å². The van der Waals surface area contributed by atoms with Gasteiger partial charge in [0.15, 0.2) is 5.69 Å². The van der Waals surface area contributed by atoms with Gasteiger partial charge in [-0.25, -0.2) is 9.07 Å². The smallest absolute Gasteiger partial charge is 0.276 e. The first-order chi connectivity index (χ1) is 13.5. The second kappa shape index (κ2) is 7.42. The molecule has 1 aromatic heterocycles. The Kier molecular flexibility index (Phi) is 4.81. The van der Waals surface area contributed by atoms with Gasteiger partial charge in [0.05, 0.1) is 17.1 Å². The molecule has 0 radical (unpaired) electrons. The molecular formula is C21H22FN5O. The first kappa shape index (κ1) is 18.2. The largest absolute Gasteiger partial charge is 0.366 e. The number of aryl methyl sites for hydroxylation is 1. The number of para-hydroxylation sites is 1. The normalized spacial score (nSPS) is 14.4. The monoisotopic (exact) mass is 379 g/mol. The fraction of sp³-hybridized carbons (Fsp3) is 0.286. The van der Waals surface area contributed by atoms with E-state index in [2.05, 4.69) is 10.3 Å². The number of carbonyl (C=O) groups excluding carboxylic acids is 1. The molecule has 144 valence electrons. The third kappa shape index (κ3) is 3.35. The average Bonchev–Trinajstić information content (AvgIpc) is 3.09. The number of anilines is 1. The highest BCUT2D eigenvalue weighted by atomic mass is 19.1. The van der Waals surface area contributed by atoms with E-state index in [0.717, 1.165) is 11.3 Å². The number of rotatable bonds is 3. The van der Waals surface area contributed by atoms with Crippen molar-refractivity contribution in [2.45, 2.75) is 13.8 Å². The summed E-state index contributed by atoms with van der Waals surface area (Å²) in [7, 11) is 0. The predicted octanol–water partition coefficient (Wildman–Crippen LogP) is 2.99. The van der Waals surface area contributed by atoms with Crippen LogP contribution in [0, 0.1) is 19.7 Å². The zero-order chi connectivity index (χ0) is 19.7. The van der Waals surface area contributed by atoms with Gasteiger partial charge in [-0.1, -0.05) is 29.5 Å². The summed E-state index contributed by atoms with van der Waals surface area (Å²) in [5, 5.41) is 8.31. The van der Waals surface area contributed by atoms with Crippen LogP contribution in [0.15, 0.2) is 48.5 Å². The first-order valence-electron chi connectivity index (χ1n) is 9.32. The number of benzene rings is 2. The SMILES string of the molecule is Cc1cccc(-n2nnc(C(=O)N3CCN(c4ccccc4F)CC3)c2C)c1. The molecule has 0 unspecified atom stereocenters. The minimum Gasteiger partial charge on any atom is -0.366 e. The number of hydrogen-bond acceptors (Lipinski definition) is 4. The molecule has 7 heteroatoms. The summed E-state index contributed by atoms with van der Waals surface area (Å²) in [6.45, 7) is 6.06. The Bertz CT molecular complexity index is 1010. The van der Waals surface area contributed by atoms with Crippen LogP contribution in [0.1, 0.15) is 21.7 Å². The van der Waals surface area contributed by atoms with E-state index in [-0.39, 0.29) is 11.7 Å². The molecule has 1 saturated heterocycles. The Balaban J connectivity index is 1.48. The first-order valence-corrected chi connectivity index (χ1v) is 9.32. The van der Waals surface area contributed by atoms with Gasteiger partial charge in [0, 0.05) is 26.2 Å². The molecule has 6 nitrogen and oxygen atoms in total. The summed E-state index contributed by atoms with van der Waals surface area (Å²) in [5.41, 5.74) is 3.65. The van der Waals surface area contributed by atoms with Crippen LogP contribution in [0.2, 0.25) is 0 Å². The molecule has 1 fully saturated rings. The standard InChI is InChI=1S/C21H22FN5O/c1-15-6-5-7-17(14-15)27-16(2)20(23-24-27)21(28)26-12-10-25(11-13-26)19-9-4-3-8-18(19)22/h3-9,14H,10-13H2,1-2H3. The highest BCUT2D eigenvalue weighted by Crippen LogP contribution is 2.21. The molecule has 0 saturated carbocycles. The molecule has 2 aromatic carbocycles. The van der Waals surface area contributed by atoms with Crippen LogP contribution in [0.25, 0.3) is 5.69 Å². The van der Waals surface area contributed by atoms with Crippen LogP contribution in [0.3, 0.4) is 0 Å². The number of aromatic nitrogens is 3. The maximum Gasteiger partial charge on any atom is 0.276 e. The molecule has 0 N–H and O–H groups in total. The van der Waals surface area contributed by atoms with E-state index in [4.69, 9.17) is 0 Å². The third-order valence-electron chi connectivity index (χ3n) is 5.10. The average molecular weight is 379 g/mol. The van der Waals surface area contributed by atoms with Gasteiger partial charge in [-0.3, -0.25) is 4.79 Å². The second-order valence-corrected chi connectivity index (χ2v) is 7.00. The number of halogens is 1. The van der Waals surface area contributed by atoms with Crippen LogP contribution in [-0.4, -0.2) is 52.0 Å². The minimum atomic E-state index is -0.237. The molecule has 0 bridgehead atoms. The van der Waals surface area contributed by atoms with Crippen molar-refractivity contribution < 1.29 is 9.18 Å². The third-order valence-corrected chi connectivity index (χ3v) is 5.10. The number of carbonyl (C=O) groups is 1. The van der Waals surface area contributed by atoms with Crippen molar-refractivity contribution in [1.29, 1.82) is 0 Å². The van der Waals surface area contributed by atoms with Crippen molar-refractivity contribution in [3.05, 3.63) is 71.3 Å². The summed E-state index contributed by atoms with van der Waals surface area (Å²) in [5.74, 6) is -0.371. The summed E-state index contributed by atoms with van der Waals surface area (Å²) >= 11 is 0. The van der Waals surface area contributed by atoms with Gasteiger partial charge in [-0.15, -0.1) is 5.10 Å². The highest BCUT2D eigenvalue weighted by Gasteiger charge is 2.27. The Morgan fingerprint density at radius 1 is 1.00 bits per heavy atom. The van der Waals surface area contributed by atoms with Crippen molar-refractivity contribution in [3.8, 4) is 5.69 Å². The molecule has 0 atom stereocenters. The molecular weight excluding hydrogens is 357 g/mol. The van der Waals surface area contributed by atoms with Crippen molar-refractivity contribution in [2.75, 3.05) is 31.1 Å². The van der Waals surface area contributed by atoms with Crippen molar-refractivity contribution in [2.24, 2.45) is 0 Å². The van der Waals surface area contributed by atoms with E-state index in [1.54, 1.807) is 21.7 Å². The Morgan fingerprint density at radius 2 is 1.75 bits per heavy atom. The predicted molar refractivity (Wildman–Crippen MR) is 105 cm³/mol. The maximum atomic E-state index is 14.0. The fourth-order valence-corrected chi connectivity index (χ4v) is 3.54.